The summed E-state index contributed by atoms with van der Waals surface area (Å²) in [6.45, 7) is 2.88. The molecule has 1 rings (SSSR count). The molecule has 0 amide bonds. The quantitative estimate of drug-likeness (QED) is 0.745. The largest absolute Gasteiger partial charge is 0.497 e. The van der Waals surface area contributed by atoms with Crippen LogP contribution >= 0.6 is 12.2 Å². The monoisotopic (exact) mass is 195 g/mol. The third kappa shape index (κ3) is 2.70. The average molecular weight is 195 g/mol. The maximum Gasteiger partial charge on any atom is 0.118 e. The molecule has 0 heterocycles. The zero-order valence-electron chi connectivity index (χ0n) is 7.83. The number of methoxy groups -OCH3 is 1. The van der Waals surface area contributed by atoms with Crippen LogP contribution in [-0.4, -0.2) is 18.6 Å². The third-order valence-electron chi connectivity index (χ3n) is 1.69. The molecule has 0 aromatic heterocycles. The molecular weight excluding hydrogens is 182 g/mol. The van der Waals surface area contributed by atoms with Gasteiger partial charge in [-0.2, -0.15) is 0 Å². The van der Waals surface area contributed by atoms with Crippen LogP contribution in [0.15, 0.2) is 24.3 Å². The van der Waals surface area contributed by atoms with E-state index in [1.807, 2.05) is 31.2 Å². The van der Waals surface area contributed by atoms with Crippen molar-refractivity contribution in [1.29, 1.82) is 0 Å². The van der Waals surface area contributed by atoms with Gasteiger partial charge in [0, 0.05) is 12.1 Å². The van der Waals surface area contributed by atoms with Crippen LogP contribution in [0, 0.1) is 0 Å². The minimum atomic E-state index is 0.783. The normalized spacial score (nSPS) is 9.38. The Bertz CT molecular complexity index is 281. The number of benzene rings is 1. The van der Waals surface area contributed by atoms with E-state index in [0.29, 0.717) is 0 Å². The molecule has 1 N–H and O–H groups in total. The van der Waals surface area contributed by atoms with E-state index in [4.69, 9.17) is 17.0 Å². The number of thiocarbonyl (C=S) groups is 1. The van der Waals surface area contributed by atoms with Crippen LogP contribution in [0.5, 0.6) is 5.75 Å². The molecular formula is C10H13NOS. The van der Waals surface area contributed by atoms with Crippen molar-refractivity contribution in [3.8, 4) is 5.75 Å². The van der Waals surface area contributed by atoms with E-state index in [-0.39, 0.29) is 0 Å². The Morgan fingerprint density at radius 3 is 2.46 bits per heavy atom. The number of hydrogen-bond donors (Lipinski definition) is 1. The summed E-state index contributed by atoms with van der Waals surface area (Å²) in [5, 5.41) is 3.09. The highest BCUT2D eigenvalue weighted by atomic mass is 32.1. The van der Waals surface area contributed by atoms with Crippen molar-refractivity contribution in [3.05, 3.63) is 29.8 Å². The first-order chi connectivity index (χ1) is 6.27. The predicted molar refractivity (Wildman–Crippen MR) is 58.4 cm³/mol. The van der Waals surface area contributed by atoms with E-state index in [0.717, 1.165) is 22.8 Å². The van der Waals surface area contributed by atoms with Gasteiger partial charge in [0.2, 0.25) is 0 Å². The Morgan fingerprint density at radius 2 is 2.00 bits per heavy atom. The molecule has 0 spiro atoms. The summed E-state index contributed by atoms with van der Waals surface area (Å²) in [7, 11) is 1.65. The fraction of sp³-hybridized carbons (Fsp3) is 0.300. The van der Waals surface area contributed by atoms with Gasteiger partial charge < -0.3 is 10.1 Å². The van der Waals surface area contributed by atoms with E-state index in [2.05, 4.69) is 5.32 Å². The van der Waals surface area contributed by atoms with Crippen LogP contribution in [0.2, 0.25) is 0 Å². The highest BCUT2D eigenvalue weighted by Crippen LogP contribution is 2.11. The van der Waals surface area contributed by atoms with Crippen molar-refractivity contribution in [2.45, 2.75) is 6.92 Å². The lowest BCUT2D eigenvalue weighted by Crippen LogP contribution is -2.21. The van der Waals surface area contributed by atoms with E-state index in [1.54, 1.807) is 7.11 Å². The van der Waals surface area contributed by atoms with Crippen molar-refractivity contribution in [2.24, 2.45) is 0 Å². The first kappa shape index (κ1) is 9.99. The third-order valence-corrected chi connectivity index (χ3v) is 2.07. The van der Waals surface area contributed by atoms with Gasteiger partial charge in [0.25, 0.3) is 0 Å². The van der Waals surface area contributed by atoms with Crippen LogP contribution in [0.25, 0.3) is 0 Å². The smallest absolute Gasteiger partial charge is 0.118 e. The van der Waals surface area contributed by atoms with Crippen molar-refractivity contribution in [3.63, 3.8) is 0 Å². The van der Waals surface area contributed by atoms with E-state index < -0.39 is 0 Å². The second-order valence-corrected chi connectivity index (χ2v) is 3.00. The number of hydrogen-bond acceptors (Lipinski definition) is 2. The summed E-state index contributed by atoms with van der Waals surface area (Å²) >= 11 is 5.15. The first-order valence-corrected chi connectivity index (χ1v) is 4.61. The Morgan fingerprint density at radius 1 is 1.38 bits per heavy atom. The van der Waals surface area contributed by atoms with E-state index in [1.165, 1.54) is 0 Å². The minimum absolute atomic E-state index is 0.783. The molecule has 1 aromatic rings. The Labute approximate surface area is 83.9 Å². The zero-order valence-corrected chi connectivity index (χ0v) is 8.65. The molecule has 2 nitrogen and oxygen atoms in total. The maximum atomic E-state index is 5.15. The molecule has 0 bridgehead atoms. The summed E-state index contributed by atoms with van der Waals surface area (Å²) in [5.41, 5.74) is 1.03. The number of ether oxygens (including phenoxy) is 1. The van der Waals surface area contributed by atoms with E-state index >= 15 is 0 Å². The lowest BCUT2D eigenvalue weighted by molar-refractivity contribution is 0.415. The summed E-state index contributed by atoms with van der Waals surface area (Å²) in [6.07, 6.45) is 0. The van der Waals surface area contributed by atoms with Crippen LogP contribution in [0.1, 0.15) is 12.5 Å². The molecule has 0 aliphatic heterocycles. The molecule has 0 saturated heterocycles. The van der Waals surface area contributed by atoms with Gasteiger partial charge in [0.15, 0.2) is 0 Å². The van der Waals surface area contributed by atoms with Gasteiger partial charge in [-0.05, 0) is 31.2 Å². The second kappa shape index (κ2) is 4.82. The molecule has 70 valence electrons. The van der Waals surface area contributed by atoms with Crippen LogP contribution in [-0.2, 0) is 0 Å². The van der Waals surface area contributed by atoms with E-state index in [9.17, 15) is 0 Å². The molecule has 0 saturated carbocycles. The van der Waals surface area contributed by atoms with Crippen LogP contribution < -0.4 is 10.1 Å². The van der Waals surface area contributed by atoms with Gasteiger partial charge in [0.1, 0.15) is 10.7 Å². The van der Waals surface area contributed by atoms with Crippen LogP contribution in [0.3, 0.4) is 0 Å². The molecule has 0 unspecified atom stereocenters. The highest BCUT2D eigenvalue weighted by molar-refractivity contribution is 7.80. The van der Waals surface area contributed by atoms with Gasteiger partial charge in [-0.25, -0.2) is 0 Å². The van der Waals surface area contributed by atoms with Crippen molar-refractivity contribution in [2.75, 3.05) is 13.7 Å². The van der Waals surface area contributed by atoms with Crippen molar-refractivity contribution in [1.82, 2.24) is 5.32 Å². The molecule has 0 radical (unpaired) electrons. The van der Waals surface area contributed by atoms with Crippen molar-refractivity contribution < 1.29 is 4.74 Å². The second-order valence-electron chi connectivity index (χ2n) is 2.59. The SMILES string of the molecule is CCNC(=S)c1ccc(OC)cc1. The minimum Gasteiger partial charge on any atom is -0.497 e. The van der Waals surface area contributed by atoms with Gasteiger partial charge in [0.05, 0.1) is 7.11 Å². The predicted octanol–water partition coefficient (Wildman–Crippen LogP) is 1.98. The Kier molecular flexibility index (Phi) is 3.71. The Balaban J connectivity index is 2.74. The summed E-state index contributed by atoms with van der Waals surface area (Å²) in [6, 6.07) is 7.70. The fourth-order valence-corrected chi connectivity index (χ4v) is 1.29. The lowest BCUT2D eigenvalue weighted by Gasteiger charge is -2.05. The molecule has 0 fully saturated rings. The fourth-order valence-electron chi connectivity index (χ4n) is 1.01. The average Bonchev–Trinajstić information content (AvgIpc) is 2.18. The highest BCUT2D eigenvalue weighted by Gasteiger charge is 1.98. The Hall–Kier alpha value is -1.09. The zero-order chi connectivity index (χ0) is 9.68. The van der Waals surface area contributed by atoms with Gasteiger partial charge in [-0.15, -0.1) is 0 Å². The van der Waals surface area contributed by atoms with Crippen LogP contribution in [0.4, 0.5) is 0 Å². The number of nitrogens with one attached hydrogen (secondary N) is 1. The molecule has 1 aromatic carbocycles. The van der Waals surface area contributed by atoms with Gasteiger partial charge >= 0.3 is 0 Å². The molecule has 0 aliphatic rings. The van der Waals surface area contributed by atoms with Gasteiger partial charge in [-0.1, -0.05) is 12.2 Å². The summed E-state index contributed by atoms with van der Waals surface area (Å²) < 4.78 is 5.05. The van der Waals surface area contributed by atoms with Gasteiger partial charge in [-0.3, -0.25) is 0 Å². The standard InChI is InChI=1S/C10H13NOS/c1-3-11-10(13)8-4-6-9(12-2)7-5-8/h4-7H,3H2,1-2H3,(H,11,13). The number of rotatable bonds is 3. The molecule has 0 atom stereocenters. The van der Waals surface area contributed by atoms with Crippen molar-refractivity contribution >= 4 is 17.2 Å². The molecule has 13 heavy (non-hydrogen) atoms. The summed E-state index contributed by atoms with van der Waals surface area (Å²) in [5.74, 6) is 0.850. The lowest BCUT2D eigenvalue weighted by atomic mass is 10.2. The molecule has 0 aliphatic carbocycles. The summed E-state index contributed by atoms with van der Waals surface area (Å²) in [4.78, 5) is 0.783. The molecule has 3 heteroatoms. The maximum absolute atomic E-state index is 5.15. The first-order valence-electron chi connectivity index (χ1n) is 4.20. The topological polar surface area (TPSA) is 21.3 Å².